The molecule has 1 aliphatic heterocycles. The van der Waals surface area contributed by atoms with Gasteiger partial charge in [-0.05, 0) is 37.3 Å². The van der Waals surface area contributed by atoms with Gasteiger partial charge in [0.2, 0.25) is 17.7 Å². The van der Waals surface area contributed by atoms with E-state index in [0.717, 1.165) is 6.42 Å². The molecule has 6 nitrogen and oxygen atoms in total. The molecule has 3 fully saturated rings. The van der Waals surface area contributed by atoms with Crippen molar-refractivity contribution < 1.29 is 19.1 Å². The van der Waals surface area contributed by atoms with Gasteiger partial charge < -0.3 is 10.1 Å². The molecule has 27 heavy (non-hydrogen) atoms. The molecule has 2 bridgehead atoms. The number of amides is 3. The Bertz CT molecular complexity index is 785. The Morgan fingerprint density at radius 2 is 1.70 bits per heavy atom. The molecule has 2 saturated carbocycles. The fourth-order valence-corrected chi connectivity index (χ4v) is 6.73. The Morgan fingerprint density at radius 3 is 2.26 bits per heavy atom. The summed E-state index contributed by atoms with van der Waals surface area (Å²) in [6.07, 6.45) is 0.869. The van der Waals surface area contributed by atoms with Crippen molar-refractivity contribution >= 4 is 55.3 Å². The number of rotatable bonds is 4. The van der Waals surface area contributed by atoms with Gasteiger partial charge in [0, 0.05) is 9.65 Å². The maximum atomic E-state index is 13.0. The maximum Gasteiger partial charge on any atom is 0.247 e. The topological polar surface area (TPSA) is 75.7 Å². The van der Waals surface area contributed by atoms with Gasteiger partial charge in [-0.1, -0.05) is 44.0 Å². The number of hydrogen-bond acceptors (Lipinski definition) is 4. The fraction of sp³-hybridized carbons (Fsp3) is 0.526. The number of ether oxygens (including phenoxy) is 1. The van der Waals surface area contributed by atoms with Crippen LogP contribution in [0.1, 0.15) is 13.3 Å². The SMILES string of the molecule is COc1ccccc1NC(=O)[C@H](C)N1C(=O)[C@@H]2[C@H]3C[C@@H]([C@H](Br)[C@H]3Br)[C@H]2C1=O. The molecule has 1 N–H and O–H groups in total. The van der Waals surface area contributed by atoms with E-state index in [-0.39, 0.29) is 45.1 Å². The Hall–Kier alpha value is -1.41. The maximum absolute atomic E-state index is 13.0. The smallest absolute Gasteiger partial charge is 0.247 e. The summed E-state index contributed by atoms with van der Waals surface area (Å²) in [4.78, 5) is 40.3. The molecule has 2 aliphatic carbocycles. The number of halogens is 2. The molecule has 0 aromatic heterocycles. The number of nitrogens with one attached hydrogen (secondary N) is 1. The molecule has 1 aromatic rings. The number of carbonyl (C=O) groups excluding carboxylic acids is 3. The van der Waals surface area contributed by atoms with Crippen LogP contribution in [0.3, 0.4) is 0 Å². The van der Waals surface area contributed by atoms with E-state index in [1.807, 2.05) is 0 Å². The zero-order chi connectivity index (χ0) is 19.5. The van der Waals surface area contributed by atoms with Crippen LogP contribution in [-0.4, -0.2) is 45.4 Å². The van der Waals surface area contributed by atoms with Gasteiger partial charge in [-0.25, -0.2) is 0 Å². The summed E-state index contributed by atoms with van der Waals surface area (Å²) in [5.41, 5.74) is 0.511. The highest BCUT2D eigenvalue weighted by Crippen LogP contribution is 2.60. The molecule has 0 unspecified atom stereocenters. The normalized spacial score (nSPS) is 35.3. The van der Waals surface area contributed by atoms with Gasteiger partial charge in [-0.2, -0.15) is 0 Å². The van der Waals surface area contributed by atoms with Gasteiger partial charge in [0.25, 0.3) is 0 Å². The molecule has 0 spiro atoms. The number of anilines is 1. The Morgan fingerprint density at radius 1 is 1.15 bits per heavy atom. The first-order valence-corrected chi connectivity index (χ1v) is 10.8. The minimum absolute atomic E-state index is 0.135. The zero-order valence-corrected chi connectivity index (χ0v) is 18.1. The number of carbonyl (C=O) groups is 3. The van der Waals surface area contributed by atoms with Gasteiger partial charge in [0.05, 0.1) is 24.6 Å². The number of para-hydroxylation sites is 2. The minimum atomic E-state index is -0.873. The molecule has 8 heteroatoms. The van der Waals surface area contributed by atoms with E-state index >= 15 is 0 Å². The lowest BCUT2D eigenvalue weighted by Crippen LogP contribution is -2.46. The van der Waals surface area contributed by atoms with E-state index in [9.17, 15) is 14.4 Å². The average molecular weight is 500 g/mol. The highest BCUT2D eigenvalue weighted by atomic mass is 79.9. The summed E-state index contributed by atoms with van der Waals surface area (Å²) >= 11 is 7.34. The number of hydrogen-bond donors (Lipinski definition) is 1. The van der Waals surface area contributed by atoms with Crippen molar-refractivity contribution in [1.82, 2.24) is 4.90 Å². The summed E-state index contributed by atoms with van der Waals surface area (Å²) in [5.74, 6) is -0.682. The Balaban J connectivity index is 1.54. The third-order valence-electron chi connectivity index (χ3n) is 6.15. The molecule has 1 saturated heterocycles. The molecule has 7 atom stereocenters. The predicted molar refractivity (Wildman–Crippen MR) is 107 cm³/mol. The monoisotopic (exact) mass is 498 g/mol. The van der Waals surface area contributed by atoms with Crippen molar-refractivity contribution in [1.29, 1.82) is 0 Å². The molecular formula is C19H20Br2N2O4. The van der Waals surface area contributed by atoms with Crippen molar-refractivity contribution in [3.8, 4) is 5.75 Å². The van der Waals surface area contributed by atoms with Crippen molar-refractivity contribution in [3.05, 3.63) is 24.3 Å². The van der Waals surface area contributed by atoms with Gasteiger partial charge in [0.15, 0.2) is 0 Å². The first-order valence-electron chi connectivity index (χ1n) is 8.95. The minimum Gasteiger partial charge on any atom is -0.495 e. The van der Waals surface area contributed by atoms with Crippen LogP contribution < -0.4 is 10.1 Å². The van der Waals surface area contributed by atoms with Gasteiger partial charge in [0.1, 0.15) is 11.8 Å². The average Bonchev–Trinajstić information content (AvgIpc) is 3.26. The molecule has 144 valence electrons. The van der Waals surface area contributed by atoms with E-state index in [4.69, 9.17) is 4.74 Å². The predicted octanol–water partition coefficient (Wildman–Crippen LogP) is 2.80. The first kappa shape index (κ1) is 18.9. The molecule has 1 aromatic carbocycles. The number of imide groups is 1. The van der Waals surface area contributed by atoms with Crippen molar-refractivity contribution in [2.45, 2.75) is 29.0 Å². The summed E-state index contributed by atoms with van der Waals surface area (Å²) in [5, 5.41) is 2.77. The van der Waals surface area contributed by atoms with Gasteiger partial charge in [-0.3, -0.25) is 19.3 Å². The van der Waals surface area contributed by atoms with Crippen LogP contribution in [0.2, 0.25) is 0 Å². The zero-order valence-electron chi connectivity index (χ0n) is 14.9. The second kappa shape index (κ2) is 6.88. The Labute approximate surface area is 174 Å². The van der Waals surface area contributed by atoms with Crippen LogP contribution >= 0.6 is 31.9 Å². The number of methoxy groups -OCH3 is 1. The van der Waals surface area contributed by atoms with E-state index in [1.54, 1.807) is 31.2 Å². The lowest BCUT2D eigenvalue weighted by molar-refractivity contribution is -0.146. The first-order chi connectivity index (χ1) is 12.9. The molecule has 4 rings (SSSR count). The molecule has 0 radical (unpaired) electrons. The quantitative estimate of drug-likeness (QED) is 0.510. The second-order valence-electron chi connectivity index (χ2n) is 7.42. The van der Waals surface area contributed by atoms with E-state index in [0.29, 0.717) is 11.4 Å². The number of benzene rings is 1. The lowest BCUT2D eigenvalue weighted by Gasteiger charge is -2.28. The summed E-state index contributed by atoms with van der Waals surface area (Å²) in [7, 11) is 1.52. The molecule has 1 heterocycles. The Kier molecular flexibility index (Phi) is 4.83. The summed E-state index contributed by atoms with van der Waals surface area (Å²) in [6, 6.07) is 6.17. The molecular weight excluding hydrogens is 480 g/mol. The van der Waals surface area contributed by atoms with Gasteiger partial charge >= 0.3 is 0 Å². The van der Waals surface area contributed by atoms with Crippen molar-refractivity contribution in [3.63, 3.8) is 0 Å². The van der Waals surface area contributed by atoms with Crippen molar-refractivity contribution in [2.75, 3.05) is 12.4 Å². The van der Waals surface area contributed by atoms with E-state index in [2.05, 4.69) is 37.2 Å². The highest BCUT2D eigenvalue weighted by molar-refractivity contribution is 9.12. The van der Waals surface area contributed by atoms with Crippen LogP contribution in [0, 0.1) is 23.7 Å². The standard InChI is InChI=1S/C19H20Br2N2O4/c1-8(17(24)22-11-5-3-4-6-12(11)27-2)23-18(25)13-9-7-10(14(13)19(23)26)16(21)15(9)20/h3-6,8-10,13-16H,7H2,1-2H3,(H,22,24)/t8-,9+,10+,13+,14+,15-,16-/m0/s1. The van der Waals surface area contributed by atoms with Crippen molar-refractivity contribution in [2.24, 2.45) is 23.7 Å². The largest absolute Gasteiger partial charge is 0.495 e. The number of nitrogens with zero attached hydrogens (tertiary/aromatic N) is 1. The van der Waals surface area contributed by atoms with Crippen LogP contribution in [-0.2, 0) is 14.4 Å². The molecule has 3 aliphatic rings. The van der Waals surface area contributed by atoms with Crippen LogP contribution in [0.15, 0.2) is 24.3 Å². The third-order valence-corrected chi connectivity index (χ3v) is 9.36. The van der Waals surface area contributed by atoms with E-state index in [1.165, 1.54) is 12.0 Å². The van der Waals surface area contributed by atoms with Gasteiger partial charge in [-0.15, -0.1) is 0 Å². The number of alkyl halides is 2. The van der Waals surface area contributed by atoms with Crippen LogP contribution in [0.25, 0.3) is 0 Å². The summed E-state index contributed by atoms with van der Waals surface area (Å²) in [6.45, 7) is 1.60. The van der Waals surface area contributed by atoms with Crippen LogP contribution in [0.4, 0.5) is 5.69 Å². The van der Waals surface area contributed by atoms with E-state index < -0.39 is 11.9 Å². The highest BCUT2D eigenvalue weighted by Gasteiger charge is 2.67. The van der Waals surface area contributed by atoms with Crippen LogP contribution in [0.5, 0.6) is 5.75 Å². The molecule has 3 amide bonds. The summed E-state index contributed by atoms with van der Waals surface area (Å²) < 4.78 is 5.24. The number of likely N-dealkylation sites (tertiary alicyclic amines) is 1. The lowest BCUT2D eigenvalue weighted by atomic mass is 9.81. The third kappa shape index (κ3) is 2.75. The second-order valence-corrected chi connectivity index (χ2v) is 9.53. The number of fused-ring (bicyclic) bond motifs is 5. The fourth-order valence-electron chi connectivity index (χ4n) is 4.86.